The van der Waals surface area contributed by atoms with Gasteiger partial charge in [-0.3, -0.25) is 9.69 Å². The molecule has 1 heterocycles. The third kappa shape index (κ3) is 2.35. The fraction of sp³-hybridized carbons (Fsp3) is 0.562. The molecule has 1 atom stereocenters. The Kier molecular flexibility index (Phi) is 3.21. The van der Waals surface area contributed by atoms with Crippen molar-refractivity contribution in [2.45, 2.75) is 32.6 Å². The molecule has 0 amide bonds. The minimum absolute atomic E-state index is 0.291. The summed E-state index contributed by atoms with van der Waals surface area (Å²) in [6, 6.07) is 6.30. The number of carbonyl (C=O) groups excluding carboxylic acids is 1. The number of ketones is 1. The summed E-state index contributed by atoms with van der Waals surface area (Å²) in [5.74, 6) is 1.04. The lowest BCUT2D eigenvalue weighted by atomic mass is 10.0. The molecule has 0 bridgehead atoms. The molecule has 0 aromatic heterocycles. The number of fused-ring (bicyclic) bond motifs is 1. The Labute approximate surface area is 109 Å². The zero-order chi connectivity index (χ0) is 12.5. The Morgan fingerprint density at radius 3 is 2.94 bits per heavy atom. The van der Waals surface area contributed by atoms with Crippen molar-refractivity contribution in [2.24, 2.45) is 5.92 Å². The van der Waals surface area contributed by atoms with Crippen LogP contribution in [0.15, 0.2) is 18.2 Å². The maximum atomic E-state index is 12.3. The summed E-state index contributed by atoms with van der Waals surface area (Å²) in [5, 5.41) is 0. The van der Waals surface area contributed by atoms with Gasteiger partial charge in [0, 0.05) is 12.1 Å². The van der Waals surface area contributed by atoms with Crippen LogP contribution in [0.5, 0.6) is 0 Å². The first-order chi connectivity index (χ1) is 8.72. The second-order valence-corrected chi connectivity index (χ2v) is 5.89. The van der Waals surface area contributed by atoms with Crippen LogP contribution in [0.1, 0.15) is 41.3 Å². The molecular weight excluding hydrogens is 222 g/mol. The smallest absolute Gasteiger partial charge is 0.176 e. The standard InChI is InChI=1S/C16H21NO/c1-12-7-8-17(10-12)11-16(18)15-6-5-13-3-2-4-14(13)9-15/h5-6,9,12H,2-4,7-8,10-11H2,1H3. The Bertz CT molecular complexity index is 466. The molecule has 0 saturated carbocycles. The minimum Gasteiger partial charge on any atom is -0.296 e. The Hall–Kier alpha value is -1.15. The lowest BCUT2D eigenvalue weighted by molar-refractivity contribution is 0.0943. The van der Waals surface area contributed by atoms with Gasteiger partial charge in [0.15, 0.2) is 5.78 Å². The molecule has 18 heavy (non-hydrogen) atoms. The molecule has 1 aromatic rings. The number of aryl methyl sites for hydroxylation is 2. The van der Waals surface area contributed by atoms with Crippen molar-refractivity contribution < 1.29 is 4.79 Å². The quantitative estimate of drug-likeness (QED) is 0.761. The summed E-state index contributed by atoms with van der Waals surface area (Å²) in [6.45, 7) is 5.03. The fourth-order valence-corrected chi connectivity index (χ4v) is 3.21. The van der Waals surface area contributed by atoms with Gasteiger partial charge < -0.3 is 0 Å². The highest BCUT2D eigenvalue weighted by Crippen LogP contribution is 2.23. The number of nitrogens with zero attached hydrogens (tertiary/aromatic N) is 1. The van der Waals surface area contributed by atoms with Crippen molar-refractivity contribution in [3.63, 3.8) is 0 Å². The SMILES string of the molecule is CC1CCN(CC(=O)c2ccc3c(c2)CCC3)C1. The number of hydrogen-bond donors (Lipinski definition) is 0. The summed E-state index contributed by atoms with van der Waals surface area (Å²) in [4.78, 5) is 14.6. The maximum Gasteiger partial charge on any atom is 0.176 e. The highest BCUT2D eigenvalue weighted by molar-refractivity contribution is 5.97. The molecule has 1 aromatic carbocycles. The van der Waals surface area contributed by atoms with Gasteiger partial charge in [-0.05, 0) is 55.3 Å². The van der Waals surface area contributed by atoms with E-state index in [1.165, 1.54) is 30.4 Å². The normalized spacial score (nSPS) is 23.3. The zero-order valence-corrected chi connectivity index (χ0v) is 11.1. The van der Waals surface area contributed by atoms with E-state index in [9.17, 15) is 4.79 Å². The molecule has 2 nitrogen and oxygen atoms in total. The third-order valence-electron chi connectivity index (χ3n) is 4.30. The van der Waals surface area contributed by atoms with E-state index in [0.29, 0.717) is 12.3 Å². The van der Waals surface area contributed by atoms with Crippen LogP contribution >= 0.6 is 0 Å². The first-order valence-electron chi connectivity index (χ1n) is 7.10. The van der Waals surface area contributed by atoms with Gasteiger partial charge in [-0.25, -0.2) is 0 Å². The number of benzene rings is 1. The number of hydrogen-bond acceptors (Lipinski definition) is 2. The summed E-state index contributed by atoms with van der Waals surface area (Å²) < 4.78 is 0. The number of likely N-dealkylation sites (tertiary alicyclic amines) is 1. The summed E-state index contributed by atoms with van der Waals surface area (Å²) in [6.07, 6.45) is 4.82. The van der Waals surface area contributed by atoms with Gasteiger partial charge in [0.05, 0.1) is 6.54 Å². The number of carbonyl (C=O) groups is 1. The summed E-state index contributed by atoms with van der Waals surface area (Å²) in [7, 11) is 0. The molecule has 0 radical (unpaired) electrons. The van der Waals surface area contributed by atoms with Crippen LogP contribution in [0.3, 0.4) is 0 Å². The van der Waals surface area contributed by atoms with E-state index in [4.69, 9.17) is 0 Å². The van der Waals surface area contributed by atoms with E-state index in [-0.39, 0.29) is 0 Å². The first kappa shape index (κ1) is 11.9. The average Bonchev–Trinajstić information content (AvgIpc) is 2.96. The number of Topliss-reactive ketones (excluding diaryl/α,β-unsaturated/α-hetero) is 1. The van der Waals surface area contributed by atoms with Crippen LogP contribution in [-0.4, -0.2) is 30.3 Å². The minimum atomic E-state index is 0.291. The van der Waals surface area contributed by atoms with E-state index >= 15 is 0 Å². The van der Waals surface area contributed by atoms with E-state index in [0.717, 1.165) is 31.0 Å². The summed E-state index contributed by atoms with van der Waals surface area (Å²) >= 11 is 0. The Morgan fingerprint density at radius 1 is 1.33 bits per heavy atom. The van der Waals surface area contributed by atoms with Crippen molar-refractivity contribution >= 4 is 5.78 Å². The molecule has 1 aliphatic heterocycles. The molecule has 0 spiro atoms. The lowest BCUT2D eigenvalue weighted by Gasteiger charge is -2.14. The van der Waals surface area contributed by atoms with Gasteiger partial charge in [-0.15, -0.1) is 0 Å². The third-order valence-corrected chi connectivity index (χ3v) is 4.30. The van der Waals surface area contributed by atoms with Gasteiger partial charge in [-0.2, -0.15) is 0 Å². The predicted octanol–water partition coefficient (Wildman–Crippen LogP) is 2.70. The van der Waals surface area contributed by atoms with Crippen LogP contribution in [0.2, 0.25) is 0 Å². The predicted molar refractivity (Wildman–Crippen MR) is 73.0 cm³/mol. The topological polar surface area (TPSA) is 20.3 Å². The van der Waals surface area contributed by atoms with Crippen LogP contribution in [0, 0.1) is 5.92 Å². The van der Waals surface area contributed by atoms with Gasteiger partial charge in [0.2, 0.25) is 0 Å². The van der Waals surface area contributed by atoms with Crippen molar-refractivity contribution in [2.75, 3.05) is 19.6 Å². The second-order valence-electron chi connectivity index (χ2n) is 5.89. The highest BCUT2D eigenvalue weighted by Gasteiger charge is 2.21. The molecule has 2 aliphatic rings. The van der Waals surface area contributed by atoms with Crippen molar-refractivity contribution in [3.8, 4) is 0 Å². The van der Waals surface area contributed by atoms with Crippen LogP contribution < -0.4 is 0 Å². The van der Waals surface area contributed by atoms with Gasteiger partial charge in [0.1, 0.15) is 0 Å². The van der Waals surface area contributed by atoms with Gasteiger partial charge >= 0.3 is 0 Å². The van der Waals surface area contributed by atoms with Gasteiger partial charge in [-0.1, -0.05) is 19.1 Å². The van der Waals surface area contributed by atoms with Gasteiger partial charge in [0.25, 0.3) is 0 Å². The molecule has 3 rings (SSSR count). The van der Waals surface area contributed by atoms with Crippen molar-refractivity contribution in [1.29, 1.82) is 0 Å². The van der Waals surface area contributed by atoms with E-state index < -0.39 is 0 Å². The molecule has 1 aliphatic carbocycles. The second kappa shape index (κ2) is 4.85. The first-order valence-corrected chi connectivity index (χ1v) is 7.10. The highest BCUT2D eigenvalue weighted by atomic mass is 16.1. The maximum absolute atomic E-state index is 12.3. The summed E-state index contributed by atoms with van der Waals surface area (Å²) in [5.41, 5.74) is 3.76. The van der Waals surface area contributed by atoms with Crippen LogP contribution in [0.25, 0.3) is 0 Å². The van der Waals surface area contributed by atoms with Crippen molar-refractivity contribution in [1.82, 2.24) is 4.90 Å². The monoisotopic (exact) mass is 243 g/mol. The van der Waals surface area contributed by atoms with E-state index in [2.05, 4.69) is 24.0 Å². The fourth-order valence-electron chi connectivity index (χ4n) is 3.21. The zero-order valence-electron chi connectivity index (χ0n) is 11.1. The van der Waals surface area contributed by atoms with Crippen LogP contribution in [-0.2, 0) is 12.8 Å². The lowest BCUT2D eigenvalue weighted by Crippen LogP contribution is -2.27. The largest absolute Gasteiger partial charge is 0.296 e. The molecular formula is C16H21NO. The van der Waals surface area contributed by atoms with Crippen LogP contribution in [0.4, 0.5) is 0 Å². The molecule has 0 N–H and O–H groups in total. The average molecular weight is 243 g/mol. The Balaban J connectivity index is 1.69. The number of rotatable bonds is 3. The molecule has 1 fully saturated rings. The molecule has 96 valence electrons. The van der Waals surface area contributed by atoms with E-state index in [1.807, 2.05) is 6.07 Å². The van der Waals surface area contributed by atoms with E-state index in [1.54, 1.807) is 0 Å². The molecule has 1 unspecified atom stereocenters. The van der Waals surface area contributed by atoms with Crippen molar-refractivity contribution in [3.05, 3.63) is 34.9 Å². The molecule has 1 saturated heterocycles. The Morgan fingerprint density at radius 2 is 2.17 bits per heavy atom. The molecule has 2 heteroatoms.